The highest BCUT2D eigenvalue weighted by Gasteiger charge is 2.28. The predicted octanol–water partition coefficient (Wildman–Crippen LogP) is 4.69. The molecule has 2 aromatic carbocycles. The molecule has 0 atom stereocenters. The van der Waals surface area contributed by atoms with Crippen LogP contribution in [0.15, 0.2) is 42.5 Å². The molecule has 2 rings (SSSR count). The fourth-order valence-corrected chi connectivity index (χ4v) is 3.61. The zero-order valence-electron chi connectivity index (χ0n) is 17.4. The monoisotopic (exact) mass is 374 g/mol. The highest BCUT2D eigenvalue weighted by atomic mass is 19.1. The summed E-state index contributed by atoms with van der Waals surface area (Å²) in [6.45, 7) is 12.5. The Labute approximate surface area is 162 Å². The highest BCUT2D eigenvalue weighted by Crippen LogP contribution is 2.32. The predicted molar refractivity (Wildman–Crippen MR) is 108 cm³/mol. The van der Waals surface area contributed by atoms with Crippen LogP contribution >= 0.6 is 0 Å². The van der Waals surface area contributed by atoms with Crippen molar-refractivity contribution in [1.29, 1.82) is 0 Å². The van der Waals surface area contributed by atoms with Crippen molar-refractivity contribution < 1.29 is 19.2 Å². The number of hydrogen-bond acceptors (Lipinski definition) is 2. The van der Waals surface area contributed by atoms with Gasteiger partial charge in [-0.2, -0.15) is 0 Å². The van der Waals surface area contributed by atoms with Crippen molar-refractivity contribution in [3.05, 3.63) is 59.4 Å². The normalized spacial score (nSPS) is 12.1. The molecule has 0 radical (unpaired) electrons. The summed E-state index contributed by atoms with van der Waals surface area (Å²) in [4.78, 5) is 0. The van der Waals surface area contributed by atoms with Gasteiger partial charge in [0.15, 0.2) is 11.5 Å². The van der Waals surface area contributed by atoms with Crippen molar-refractivity contribution in [3.63, 3.8) is 0 Å². The lowest BCUT2D eigenvalue weighted by Gasteiger charge is -2.30. The molecule has 0 spiro atoms. The van der Waals surface area contributed by atoms with Crippen LogP contribution in [0.2, 0.25) is 0 Å². The second-order valence-corrected chi connectivity index (χ2v) is 9.00. The average molecular weight is 375 g/mol. The minimum atomic E-state index is -0.243. The third-order valence-corrected chi connectivity index (χ3v) is 4.44. The van der Waals surface area contributed by atoms with Crippen LogP contribution in [0, 0.1) is 11.2 Å². The number of nitrogens with two attached hydrogens (primary N) is 1. The van der Waals surface area contributed by atoms with Crippen LogP contribution in [-0.4, -0.2) is 12.6 Å². The Hall–Kier alpha value is -2.07. The molecular weight excluding hydrogens is 341 g/mol. The number of halogens is 1. The number of ether oxygens (including phenoxy) is 2. The van der Waals surface area contributed by atoms with E-state index in [-0.39, 0.29) is 16.8 Å². The van der Waals surface area contributed by atoms with Gasteiger partial charge < -0.3 is 14.8 Å². The highest BCUT2D eigenvalue weighted by molar-refractivity contribution is 5.46. The molecule has 0 bridgehead atoms. The fourth-order valence-electron chi connectivity index (χ4n) is 3.61. The van der Waals surface area contributed by atoms with Gasteiger partial charge in [0.05, 0.1) is 18.2 Å². The number of quaternary nitrogens is 1. The maximum Gasteiger partial charge on any atom is 0.170 e. The SMILES string of the molecule is COc1cccc(C[NH2+]C(C)(C)CC(C)(C)C)c1OCc1ccc(F)cc1. The van der Waals surface area contributed by atoms with Crippen LogP contribution in [0.1, 0.15) is 52.2 Å². The van der Waals surface area contributed by atoms with Gasteiger partial charge in [0.1, 0.15) is 19.0 Å². The van der Waals surface area contributed by atoms with Gasteiger partial charge in [0, 0.05) is 6.42 Å². The summed E-state index contributed by atoms with van der Waals surface area (Å²) in [7, 11) is 1.65. The smallest absolute Gasteiger partial charge is 0.170 e. The Kier molecular flexibility index (Phi) is 6.88. The molecule has 0 saturated heterocycles. The Bertz CT molecular complexity index is 733. The lowest BCUT2D eigenvalue weighted by Crippen LogP contribution is -2.94. The molecule has 4 heteroatoms. The second kappa shape index (κ2) is 8.75. The van der Waals surface area contributed by atoms with Crippen molar-refractivity contribution in [2.24, 2.45) is 5.41 Å². The number of hydrogen-bond donors (Lipinski definition) is 1. The van der Waals surface area contributed by atoms with E-state index in [0.717, 1.165) is 35.6 Å². The number of para-hydroxylation sites is 1. The van der Waals surface area contributed by atoms with Crippen LogP contribution < -0.4 is 14.8 Å². The van der Waals surface area contributed by atoms with Crippen LogP contribution in [0.3, 0.4) is 0 Å². The van der Waals surface area contributed by atoms with E-state index in [1.165, 1.54) is 12.1 Å². The lowest BCUT2D eigenvalue weighted by molar-refractivity contribution is -0.737. The summed E-state index contributed by atoms with van der Waals surface area (Å²) in [5, 5.41) is 2.36. The summed E-state index contributed by atoms with van der Waals surface area (Å²) in [6, 6.07) is 12.3. The first-order valence-corrected chi connectivity index (χ1v) is 9.47. The van der Waals surface area contributed by atoms with Gasteiger partial charge in [0.2, 0.25) is 0 Å². The summed E-state index contributed by atoms with van der Waals surface area (Å²) >= 11 is 0. The van der Waals surface area contributed by atoms with Crippen LogP contribution in [0.4, 0.5) is 4.39 Å². The molecule has 0 aromatic heterocycles. The summed E-state index contributed by atoms with van der Waals surface area (Å²) in [5.74, 6) is 1.23. The molecule has 2 aromatic rings. The van der Waals surface area contributed by atoms with Crippen molar-refractivity contribution in [2.45, 2.75) is 59.7 Å². The molecule has 0 amide bonds. The number of methoxy groups -OCH3 is 1. The van der Waals surface area contributed by atoms with E-state index in [1.807, 2.05) is 12.1 Å². The van der Waals surface area contributed by atoms with Gasteiger partial charge in [-0.15, -0.1) is 0 Å². The van der Waals surface area contributed by atoms with Crippen LogP contribution in [0.5, 0.6) is 11.5 Å². The maximum absolute atomic E-state index is 13.1. The molecule has 3 nitrogen and oxygen atoms in total. The Morgan fingerprint density at radius 2 is 1.63 bits per heavy atom. The maximum atomic E-state index is 13.1. The second-order valence-electron chi connectivity index (χ2n) is 9.00. The van der Waals surface area contributed by atoms with Gasteiger partial charge >= 0.3 is 0 Å². The number of benzene rings is 2. The number of rotatable bonds is 8. The Morgan fingerprint density at radius 3 is 2.22 bits per heavy atom. The molecule has 0 aliphatic heterocycles. The molecule has 27 heavy (non-hydrogen) atoms. The largest absolute Gasteiger partial charge is 0.493 e. The topological polar surface area (TPSA) is 35.1 Å². The molecule has 0 aliphatic carbocycles. The summed E-state index contributed by atoms with van der Waals surface area (Å²) in [5.41, 5.74) is 2.41. The molecule has 0 saturated carbocycles. The molecule has 0 unspecified atom stereocenters. The van der Waals surface area contributed by atoms with E-state index >= 15 is 0 Å². The minimum absolute atomic E-state index is 0.121. The molecular formula is C23H33FNO2+. The standard InChI is InChI=1S/C23H32FNO2/c1-22(2,3)16-23(4,5)25-14-18-8-7-9-20(26-6)21(18)27-15-17-10-12-19(24)13-11-17/h7-13,25H,14-16H2,1-6H3/p+1. The van der Waals surface area contributed by atoms with Gasteiger partial charge in [-0.3, -0.25) is 0 Å². The van der Waals surface area contributed by atoms with Gasteiger partial charge in [-0.05, 0) is 49.1 Å². The molecule has 0 heterocycles. The third kappa shape index (κ3) is 6.87. The fraction of sp³-hybridized carbons (Fsp3) is 0.478. The first-order chi connectivity index (χ1) is 12.6. The van der Waals surface area contributed by atoms with Crippen molar-refractivity contribution in [2.75, 3.05) is 7.11 Å². The van der Waals surface area contributed by atoms with E-state index < -0.39 is 0 Å². The van der Waals surface area contributed by atoms with E-state index in [9.17, 15) is 4.39 Å². The zero-order valence-corrected chi connectivity index (χ0v) is 17.4. The van der Waals surface area contributed by atoms with Gasteiger partial charge in [0.25, 0.3) is 0 Å². The van der Waals surface area contributed by atoms with Crippen LogP contribution in [0.25, 0.3) is 0 Å². The van der Waals surface area contributed by atoms with Crippen molar-refractivity contribution in [3.8, 4) is 11.5 Å². The van der Waals surface area contributed by atoms with Crippen LogP contribution in [-0.2, 0) is 13.2 Å². The zero-order chi connectivity index (χ0) is 20.1. The third-order valence-electron chi connectivity index (χ3n) is 4.44. The summed E-state index contributed by atoms with van der Waals surface area (Å²) in [6.07, 6.45) is 1.11. The van der Waals surface area contributed by atoms with E-state index in [1.54, 1.807) is 19.2 Å². The van der Waals surface area contributed by atoms with E-state index in [2.05, 4.69) is 46.0 Å². The van der Waals surface area contributed by atoms with Crippen molar-refractivity contribution >= 4 is 0 Å². The molecule has 148 valence electrons. The molecule has 0 fully saturated rings. The van der Waals surface area contributed by atoms with Gasteiger partial charge in [-0.1, -0.05) is 39.0 Å². The average Bonchev–Trinajstić information content (AvgIpc) is 2.57. The molecule has 0 aliphatic rings. The molecule has 2 N–H and O–H groups in total. The first kappa shape index (κ1) is 21.2. The minimum Gasteiger partial charge on any atom is -0.493 e. The lowest BCUT2D eigenvalue weighted by atomic mass is 9.82. The van der Waals surface area contributed by atoms with E-state index in [4.69, 9.17) is 9.47 Å². The van der Waals surface area contributed by atoms with Gasteiger partial charge in [-0.25, -0.2) is 4.39 Å². The van der Waals surface area contributed by atoms with E-state index in [0.29, 0.717) is 6.61 Å². The Morgan fingerprint density at radius 1 is 0.963 bits per heavy atom. The Balaban J connectivity index is 2.13. The summed E-state index contributed by atoms with van der Waals surface area (Å²) < 4.78 is 24.7. The first-order valence-electron chi connectivity index (χ1n) is 9.47. The van der Waals surface area contributed by atoms with Crippen molar-refractivity contribution in [1.82, 2.24) is 0 Å². The quantitative estimate of drug-likeness (QED) is 0.727.